The molecule has 15 heavy (non-hydrogen) atoms. The van der Waals surface area contributed by atoms with Crippen molar-refractivity contribution in [1.82, 2.24) is 4.13 Å². The van der Waals surface area contributed by atoms with Crippen LogP contribution in [0.1, 0.15) is 0 Å². The van der Waals surface area contributed by atoms with Crippen LogP contribution in [-0.2, 0) is 0 Å². The number of rotatable bonds is 2. The van der Waals surface area contributed by atoms with Gasteiger partial charge in [0.15, 0.2) is 5.11 Å². The zero-order valence-corrected chi connectivity index (χ0v) is 10.2. The molecule has 1 aliphatic heterocycles. The molecular weight excluding hydrogens is 246 g/mol. The first-order chi connectivity index (χ1) is 7.29. The molecule has 6 heteroatoms. The molecule has 1 aromatic rings. The topological polar surface area (TPSA) is 41.3 Å². The van der Waals surface area contributed by atoms with Crippen molar-refractivity contribution >= 4 is 46.9 Å². The second-order valence-corrected chi connectivity index (χ2v) is 4.95. The van der Waals surface area contributed by atoms with Gasteiger partial charge in [-0.25, -0.2) is 0 Å². The van der Waals surface area contributed by atoms with Gasteiger partial charge in [0.2, 0.25) is 0 Å². The quantitative estimate of drug-likeness (QED) is 0.625. The van der Waals surface area contributed by atoms with Gasteiger partial charge in [0.25, 0.3) is 0 Å². The minimum absolute atomic E-state index is 0.351. The summed E-state index contributed by atoms with van der Waals surface area (Å²) in [7, 11) is 0. The molecule has 3 N–H and O–H groups in total. The second kappa shape index (κ2) is 4.89. The van der Waals surface area contributed by atoms with E-state index in [1.165, 1.54) is 23.9 Å². The van der Waals surface area contributed by atoms with E-state index >= 15 is 0 Å². The lowest BCUT2D eigenvalue weighted by molar-refractivity contribution is 1.33. The Kier molecular flexibility index (Phi) is 3.53. The Labute approximate surface area is 102 Å². The van der Waals surface area contributed by atoms with Crippen LogP contribution in [0.2, 0.25) is 0 Å². The van der Waals surface area contributed by atoms with Gasteiger partial charge >= 0.3 is 0 Å². The van der Waals surface area contributed by atoms with Gasteiger partial charge in [-0.2, -0.15) is 4.13 Å². The highest BCUT2D eigenvalue weighted by Gasteiger charge is 2.18. The van der Waals surface area contributed by atoms with Crippen LogP contribution in [0, 0.1) is 0 Å². The Balaban J connectivity index is 2.32. The predicted octanol–water partition coefficient (Wildman–Crippen LogP) is 2.44. The normalized spacial score (nSPS) is 14.8. The van der Waals surface area contributed by atoms with Gasteiger partial charge in [-0.1, -0.05) is 18.2 Å². The summed E-state index contributed by atoms with van der Waals surface area (Å²) >= 11 is 8.07. The summed E-state index contributed by atoms with van der Waals surface area (Å²) in [5, 5.41) is 3.33. The number of thiocarbonyl (C=S) groups is 1. The van der Waals surface area contributed by atoms with E-state index in [-0.39, 0.29) is 0 Å². The number of nitrogens with two attached hydrogens (primary N) is 1. The first kappa shape index (κ1) is 10.8. The average molecular weight is 255 g/mol. The smallest absolute Gasteiger partial charge is 0.175 e. The summed E-state index contributed by atoms with van der Waals surface area (Å²) in [6.45, 7) is 0. The van der Waals surface area contributed by atoms with E-state index in [1.54, 1.807) is 0 Å². The number of nitrogens with zero attached hydrogens (tertiary/aromatic N) is 1. The van der Waals surface area contributed by atoms with E-state index in [9.17, 15) is 0 Å². The molecule has 0 aliphatic carbocycles. The van der Waals surface area contributed by atoms with Crippen molar-refractivity contribution in [1.29, 1.82) is 0 Å². The largest absolute Gasteiger partial charge is 0.376 e. The monoisotopic (exact) mass is 255 g/mol. The number of para-hydroxylation sites is 1. The molecule has 0 radical (unpaired) electrons. The highest BCUT2D eigenvalue weighted by Crippen LogP contribution is 2.32. The van der Waals surface area contributed by atoms with E-state index in [2.05, 4.69) is 4.13 Å². The Hall–Kier alpha value is -0.690. The van der Waals surface area contributed by atoms with E-state index in [1.807, 2.05) is 40.6 Å². The minimum Gasteiger partial charge on any atom is -0.376 e. The van der Waals surface area contributed by atoms with Crippen LogP contribution in [0.5, 0.6) is 0 Å². The molecule has 0 saturated heterocycles. The van der Waals surface area contributed by atoms with Crippen LogP contribution in [0.4, 0.5) is 5.69 Å². The summed E-state index contributed by atoms with van der Waals surface area (Å²) in [6, 6.07) is 9.83. The van der Waals surface area contributed by atoms with E-state index in [0.29, 0.717) is 5.11 Å². The molecule has 0 unspecified atom stereocenters. The number of anilines is 1. The fraction of sp³-hybridized carbons (Fsp3) is 0. The molecular formula is C9H9N3S3. The molecule has 1 aromatic carbocycles. The molecule has 78 valence electrons. The highest BCUT2D eigenvalue weighted by molar-refractivity contribution is 8.19. The lowest BCUT2D eigenvalue weighted by Crippen LogP contribution is -2.33. The molecule has 2 rings (SSSR count). The standard InChI is InChI=1S/C9H9N3S3/c10-9(13)12(8-6-14-11-15-8)7-4-2-1-3-5-7/h1-6,11H,(H2,10,13). The highest BCUT2D eigenvalue weighted by atomic mass is 32.2. The van der Waals surface area contributed by atoms with Gasteiger partial charge < -0.3 is 5.73 Å². The average Bonchev–Trinajstić information content (AvgIpc) is 2.72. The fourth-order valence-corrected chi connectivity index (χ4v) is 3.03. The third-order valence-electron chi connectivity index (χ3n) is 1.81. The molecule has 0 amide bonds. The van der Waals surface area contributed by atoms with Crippen molar-refractivity contribution < 1.29 is 0 Å². The second-order valence-electron chi connectivity index (χ2n) is 2.77. The van der Waals surface area contributed by atoms with Gasteiger partial charge in [-0.15, -0.1) is 0 Å². The summed E-state index contributed by atoms with van der Waals surface area (Å²) < 4.78 is 3.06. The number of hydrogen-bond acceptors (Lipinski definition) is 4. The van der Waals surface area contributed by atoms with Crippen molar-refractivity contribution in [3.63, 3.8) is 0 Å². The fourth-order valence-electron chi connectivity index (χ4n) is 1.20. The number of benzene rings is 1. The van der Waals surface area contributed by atoms with E-state index in [4.69, 9.17) is 18.0 Å². The van der Waals surface area contributed by atoms with Gasteiger partial charge in [-0.3, -0.25) is 4.90 Å². The zero-order valence-electron chi connectivity index (χ0n) is 7.71. The Bertz CT molecular complexity index is 391. The van der Waals surface area contributed by atoms with E-state index < -0.39 is 0 Å². The summed E-state index contributed by atoms with van der Waals surface area (Å²) in [4.78, 5) is 1.84. The predicted molar refractivity (Wildman–Crippen MR) is 72.1 cm³/mol. The van der Waals surface area contributed by atoms with Gasteiger partial charge in [-0.05, 0) is 48.2 Å². The Morgan fingerprint density at radius 2 is 2.07 bits per heavy atom. The summed E-state index contributed by atoms with van der Waals surface area (Å²) in [5.41, 5.74) is 6.69. The van der Waals surface area contributed by atoms with Crippen LogP contribution in [0.25, 0.3) is 0 Å². The molecule has 1 aliphatic rings. The third kappa shape index (κ3) is 2.46. The molecule has 0 spiro atoms. The molecule has 3 nitrogen and oxygen atoms in total. The maximum absolute atomic E-state index is 5.71. The van der Waals surface area contributed by atoms with Crippen molar-refractivity contribution in [3.05, 3.63) is 40.8 Å². The maximum atomic E-state index is 5.71. The van der Waals surface area contributed by atoms with Gasteiger partial charge in [0.05, 0.1) is 0 Å². The molecule has 0 saturated carbocycles. The molecule has 1 heterocycles. The maximum Gasteiger partial charge on any atom is 0.175 e. The summed E-state index contributed by atoms with van der Waals surface area (Å²) in [6.07, 6.45) is 0. The molecule has 0 fully saturated rings. The van der Waals surface area contributed by atoms with Crippen LogP contribution in [0.15, 0.2) is 40.8 Å². The Morgan fingerprint density at radius 1 is 1.33 bits per heavy atom. The minimum atomic E-state index is 0.351. The van der Waals surface area contributed by atoms with Gasteiger partial charge in [0.1, 0.15) is 5.03 Å². The molecule has 0 aromatic heterocycles. The molecule has 0 bridgehead atoms. The number of hydrogen-bond donors (Lipinski definition) is 2. The van der Waals surface area contributed by atoms with Gasteiger partial charge in [0, 0.05) is 11.1 Å². The van der Waals surface area contributed by atoms with Crippen LogP contribution < -0.4 is 14.8 Å². The van der Waals surface area contributed by atoms with Crippen molar-refractivity contribution in [2.75, 3.05) is 4.90 Å². The van der Waals surface area contributed by atoms with Crippen molar-refractivity contribution in [2.45, 2.75) is 0 Å². The lowest BCUT2D eigenvalue weighted by atomic mass is 10.3. The molecule has 0 atom stereocenters. The van der Waals surface area contributed by atoms with Crippen molar-refractivity contribution in [3.8, 4) is 0 Å². The number of nitrogens with one attached hydrogen (secondary N) is 1. The zero-order chi connectivity index (χ0) is 10.7. The third-order valence-corrected chi connectivity index (χ3v) is 3.71. The van der Waals surface area contributed by atoms with Crippen molar-refractivity contribution in [2.24, 2.45) is 5.73 Å². The van der Waals surface area contributed by atoms with Crippen LogP contribution in [0.3, 0.4) is 0 Å². The lowest BCUT2D eigenvalue weighted by Gasteiger charge is -2.22. The first-order valence-corrected chi connectivity index (χ1v) is 6.32. The SMILES string of the molecule is NC(=S)N(C1=CSNS1)c1ccccc1. The van der Waals surface area contributed by atoms with Crippen LogP contribution in [-0.4, -0.2) is 5.11 Å². The van der Waals surface area contributed by atoms with E-state index in [0.717, 1.165) is 10.7 Å². The Morgan fingerprint density at radius 3 is 2.60 bits per heavy atom. The first-order valence-electron chi connectivity index (χ1n) is 4.21. The van der Waals surface area contributed by atoms with Crippen LogP contribution >= 0.6 is 36.1 Å². The summed E-state index contributed by atoms with van der Waals surface area (Å²) in [5.74, 6) is 0.